The average Bonchev–Trinajstić information content (AvgIpc) is 2.14. The molecule has 4 heteroatoms. The molecule has 4 nitrogen and oxygen atoms in total. The van der Waals surface area contributed by atoms with Crippen molar-refractivity contribution in [3.63, 3.8) is 0 Å². The van der Waals surface area contributed by atoms with Crippen LogP contribution in [0.2, 0.25) is 0 Å². The van der Waals surface area contributed by atoms with Gasteiger partial charge >= 0.3 is 0 Å². The van der Waals surface area contributed by atoms with E-state index in [9.17, 15) is 5.11 Å². The first-order valence-corrected chi connectivity index (χ1v) is 4.80. The summed E-state index contributed by atoms with van der Waals surface area (Å²) in [6.07, 6.45) is 0.888. The maximum absolute atomic E-state index is 9.47. The highest BCUT2D eigenvalue weighted by atomic mass is 16.3. The highest BCUT2D eigenvalue weighted by Gasteiger charge is 2.11. The monoisotopic (exact) mass is 195 g/mol. The number of hydrogen-bond donors (Lipinski definition) is 2. The van der Waals surface area contributed by atoms with Gasteiger partial charge in [0.15, 0.2) is 0 Å². The van der Waals surface area contributed by atoms with Gasteiger partial charge in [-0.1, -0.05) is 6.92 Å². The van der Waals surface area contributed by atoms with Crippen LogP contribution in [0.1, 0.15) is 26.5 Å². The molecule has 0 radical (unpaired) electrons. The minimum atomic E-state index is -0.731. The van der Waals surface area contributed by atoms with Crippen molar-refractivity contribution in [1.82, 2.24) is 10.2 Å². The molecule has 1 heterocycles. The van der Waals surface area contributed by atoms with Crippen LogP contribution in [0.25, 0.3) is 0 Å². The molecule has 0 spiro atoms. The molecule has 0 aromatic carbocycles. The van der Waals surface area contributed by atoms with Gasteiger partial charge in [0, 0.05) is 6.54 Å². The van der Waals surface area contributed by atoms with Crippen LogP contribution < -0.4 is 5.32 Å². The van der Waals surface area contributed by atoms with E-state index in [0.29, 0.717) is 12.4 Å². The zero-order chi connectivity index (χ0) is 10.6. The Hall–Kier alpha value is -1.16. The lowest BCUT2D eigenvalue weighted by atomic mass is 10.1. The van der Waals surface area contributed by atoms with Crippen molar-refractivity contribution in [2.24, 2.45) is 0 Å². The Kier molecular flexibility index (Phi) is 3.41. The molecule has 1 aromatic rings. The fourth-order valence-corrected chi connectivity index (χ4v) is 0.950. The first-order chi connectivity index (χ1) is 6.51. The number of aromatic nitrogens is 2. The Morgan fingerprint density at radius 2 is 2.07 bits per heavy atom. The lowest BCUT2D eigenvalue weighted by Gasteiger charge is -2.17. The van der Waals surface area contributed by atoms with E-state index in [-0.39, 0.29) is 0 Å². The fraction of sp³-hybridized carbons (Fsp3) is 0.600. The van der Waals surface area contributed by atoms with E-state index in [1.54, 1.807) is 13.8 Å². The predicted molar refractivity (Wildman–Crippen MR) is 56.2 cm³/mol. The number of anilines is 1. The Balaban J connectivity index is 2.52. The van der Waals surface area contributed by atoms with Gasteiger partial charge in [0.1, 0.15) is 5.82 Å². The second-order valence-electron chi connectivity index (χ2n) is 3.93. The summed E-state index contributed by atoms with van der Waals surface area (Å²) in [7, 11) is 0. The van der Waals surface area contributed by atoms with Crippen LogP contribution in [0, 0.1) is 0 Å². The minimum absolute atomic E-state index is 0.465. The van der Waals surface area contributed by atoms with Gasteiger partial charge in [-0.05, 0) is 32.4 Å². The van der Waals surface area contributed by atoms with Crippen molar-refractivity contribution in [2.45, 2.75) is 32.8 Å². The third-order valence-electron chi connectivity index (χ3n) is 1.78. The van der Waals surface area contributed by atoms with Crippen LogP contribution in [-0.4, -0.2) is 27.4 Å². The van der Waals surface area contributed by atoms with Gasteiger partial charge < -0.3 is 10.4 Å². The largest absolute Gasteiger partial charge is 0.389 e. The molecule has 0 fully saturated rings. The van der Waals surface area contributed by atoms with Crippen molar-refractivity contribution in [3.05, 3.63) is 17.8 Å². The van der Waals surface area contributed by atoms with E-state index in [2.05, 4.69) is 15.5 Å². The second kappa shape index (κ2) is 4.37. The average molecular weight is 195 g/mol. The van der Waals surface area contributed by atoms with Crippen LogP contribution in [-0.2, 0) is 6.42 Å². The highest BCUT2D eigenvalue weighted by molar-refractivity contribution is 5.33. The molecule has 0 amide bonds. The summed E-state index contributed by atoms with van der Waals surface area (Å²) in [5.41, 5.74) is 0.240. The van der Waals surface area contributed by atoms with Crippen molar-refractivity contribution < 1.29 is 5.11 Å². The molecular formula is C10H17N3O. The van der Waals surface area contributed by atoms with Gasteiger partial charge in [-0.2, -0.15) is 5.10 Å². The summed E-state index contributed by atoms with van der Waals surface area (Å²) in [5.74, 6) is 0.698. The molecule has 0 aliphatic carbocycles. The molecule has 0 atom stereocenters. The fourth-order valence-electron chi connectivity index (χ4n) is 0.950. The molecule has 0 aliphatic heterocycles. The number of rotatable bonds is 4. The molecule has 0 aliphatic rings. The molecule has 1 aromatic heterocycles. The predicted octanol–water partition coefficient (Wildman–Crippen LogP) is 1.22. The number of aliphatic hydroxyl groups is 1. The lowest BCUT2D eigenvalue weighted by Crippen LogP contribution is -2.29. The Bertz CT molecular complexity index is 276. The Labute approximate surface area is 84.4 Å². The molecule has 14 heavy (non-hydrogen) atoms. The van der Waals surface area contributed by atoms with Gasteiger partial charge in [-0.3, -0.25) is 0 Å². The SMILES string of the molecule is CCc1ccc(NCC(C)(C)O)nn1. The van der Waals surface area contributed by atoms with Crippen LogP contribution in [0.5, 0.6) is 0 Å². The number of aryl methyl sites for hydroxylation is 1. The van der Waals surface area contributed by atoms with Crippen molar-refractivity contribution in [3.8, 4) is 0 Å². The van der Waals surface area contributed by atoms with Crippen LogP contribution >= 0.6 is 0 Å². The third kappa shape index (κ3) is 3.70. The third-order valence-corrected chi connectivity index (χ3v) is 1.78. The van der Waals surface area contributed by atoms with E-state index in [1.807, 2.05) is 19.1 Å². The van der Waals surface area contributed by atoms with Gasteiger partial charge in [0.2, 0.25) is 0 Å². The standard InChI is InChI=1S/C10H17N3O/c1-4-8-5-6-9(13-12-8)11-7-10(2,3)14/h5-6,14H,4,7H2,1-3H3,(H,11,13). The van der Waals surface area contributed by atoms with Gasteiger partial charge in [0.05, 0.1) is 11.3 Å². The van der Waals surface area contributed by atoms with Gasteiger partial charge in [-0.15, -0.1) is 5.10 Å². The summed E-state index contributed by atoms with van der Waals surface area (Å²) in [6.45, 7) is 5.99. The highest BCUT2D eigenvalue weighted by Crippen LogP contribution is 2.06. The molecule has 78 valence electrons. The maximum Gasteiger partial charge on any atom is 0.148 e. The van der Waals surface area contributed by atoms with Gasteiger partial charge in [0.25, 0.3) is 0 Å². The summed E-state index contributed by atoms with van der Waals surface area (Å²) < 4.78 is 0. The molecule has 0 saturated carbocycles. The van der Waals surface area contributed by atoms with E-state index in [4.69, 9.17) is 0 Å². The minimum Gasteiger partial charge on any atom is -0.389 e. The van der Waals surface area contributed by atoms with Crippen LogP contribution in [0.3, 0.4) is 0 Å². The first kappa shape index (κ1) is 10.9. The first-order valence-electron chi connectivity index (χ1n) is 4.80. The molecule has 0 saturated heterocycles. The Morgan fingerprint density at radius 3 is 2.50 bits per heavy atom. The number of hydrogen-bond acceptors (Lipinski definition) is 4. The van der Waals surface area contributed by atoms with Crippen molar-refractivity contribution in [2.75, 3.05) is 11.9 Å². The normalized spacial score (nSPS) is 11.4. The van der Waals surface area contributed by atoms with E-state index >= 15 is 0 Å². The molecular weight excluding hydrogens is 178 g/mol. The Morgan fingerprint density at radius 1 is 1.36 bits per heavy atom. The summed E-state index contributed by atoms with van der Waals surface area (Å²) in [5, 5.41) is 20.5. The quantitative estimate of drug-likeness (QED) is 0.758. The van der Waals surface area contributed by atoms with Crippen molar-refractivity contribution >= 4 is 5.82 Å². The molecule has 0 bridgehead atoms. The topological polar surface area (TPSA) is 58.0 Å². The van der Waals surface area contributed by atoms with E-state index in [0.717, 1.165) is 12.1 Å². The summed E-state index contributed by atoms with van der Waals surface area (Å²) in [4.78, 5) is 0. The van der Waals surface area contributed by atoms with Crippen LogP contribution in [0.15, 0.2) is 12.1 Å². The summed E-state index contributed by atoms with van der Waals surface area (Å²) >= 11 is 0. The van der Waals surface area contributed by atoms with E-state index < -0.39 is 5.60 Å². The molecule has 0 unspecified atom stereocenters. The summed E-state index contributed by atoms with van der Waals surface area (Å²) in [6, 6.07) is 3.80. The lowest BCUT2D eigenvalue weighted by molar-refractivity contribution is 0.0944. The molecule has 1 rings (SSSR count). The number of nitrogens with zero attached hydrogens (tertiary/aromatic N) is 2. The van der Waals surface area contributed by atoms with E-state index in [1.165, 1.54) is 0 Å². The van der Waals surface area contributed by atoms with Crippen LogP contribution in [0.4, 0.5) is 5.82 Å². The molecule has 2 N–H and O–H groups in total. The smallest absolute Gasteiger partial charge is 0.148 e. The van der Waals surface area contributed by atoms with Gasteiger partial charge in [-0.25, -0.2) is 0 Å². The zero-order valence-electron chi connectivity index (χ0n) is 8.91. The zero-order valence-corrected chi connectivity index (χ0v) is 8.91. The van der Waals surface area contributed by atoms with Crippen molar-refractivity contribution in [1.29, 1.82) is 0 Å². The second-order valence-corrected chi connectivity index (χ2v) is 3.93. The number of nitrogens with one attached hydrogen (secondary N) is 1. The maximum atomic E-state index is 9.47.